The van der Waals surface area contributed by atoms with E-state index in [2.05, 4.69) is 21.4 Å². The van der Waals surface area contributed by atoms with Gasteiger partial charge in [0, 0.05) is 26.6 Å². The van der Waals surface area contributed by atoms with E-state index in [1.54, 1.807) is 5.01 Å². The summed E-state index contributed by atoms with van der Waals surface area (Å²) in [6.45, 7) is 11.6. The second-order valence-corrected chi connectivity index (χ2v) is 15.1. The number of likely N-dealkylation sites (N-methyl/N-ethyl adjacent to an activating group) is 1. The lowest BCUT2D eigenvalue weighted by molar-refractivity contribution is -0.145. The molecule has 0 unspecified atom stereocenters. The van der Waals surface area contributed by atoms with E-state index < -0.39 is 46.4 Å². The van der Waals surface area contributed by atoms with E-state index in [1.807, 2.05) is 126 Å². The van der Waals surface area contributed by atoms with Crippen molar-refractivity contribution in [3.8, 4) is 11.1 Å². The summed E-state index contributed by atoms with van der Waals surface area (Å²) in [6.07, 6.45) is -0.382. The molecule has 0 fully saturated rings. The first-order valence-corrected chi connectivity index (χ1v) is 17.3. The molecule has 0 aliphatic heterocycles. The number of hydrogen-bond donors (Lipinski definition) is 5. The number of methoxy groups -OCH3 is 1. The predicted octanol–water partition coefficient (Wildman–Crippen LogP) is 4.99. The quantitative estimate of drug-likeness (QED) is 0.140. The van der Waals surface area contributed by atoms with Crippen LogP contribution in [-0.4, -0.2) is 72.3 Å². The van der Waals surface area contributed by atoms with Gasteiger partial charge < -0.3 is 25.8 Å². The Balaban J connectivity index is 1.89. The van der Waals surface area contributed by atoms with Gasteiger partial charge in [0.05, 0.1) is 7.11 Å². The van der Waals surface area contributed by atoms with Crippen molar-refractivity contribution in [2.75, 3.05) is 20.7 Å². The Bertz CT molecular complexity index is 1590. The maximum atomic E-state index is 13.9. The van der Waals surface area contributed by atoms with Crippen LogP contribution < -0.4 is 21.4 Å². The second kappa shape index (κ2) is 18.0. The number of hydrazine groups is 1. The third-order valence-corrected chi connectivity index (χ3v) is 8.71. The third-order valence-electron chi connectivity index (χ3n) is 8.71. The van der Waals surface area contributed by atoms with Crippen molar-refractivity contribution >= 4 is 23.8 Å². The Morgan fingerprint density at radius 2 is 1.25 bits per heavy atom. The summed E-state index contributed by atoms with van der Waals surface area (Å²) in [6, 6.07) is 25.4. The molecule has 0 radical (unpaired) electrons. The number of rotatable bonds is 15. The van der Waals surface area contributed by atoms with Crippen LogP contribution in [0.3, 0.4) is 0 Å². The Labute approximate surface area is 302 Å². The monoisotopic (exact) mass is 701 g/mol. The molecule has 5 N–H and O–H groups in total. The first-order chi connectivity index (χ1) is 24.0. The molecule has 11 nitrogen and oxygen atoms in total. The van der Waals surface area contributed by atoms with Gasteiger partial charge in [0.15, 0.2) is 0 Å². The molecule has 11 heteroatoms. The van der Waals surface area contributed by atoms with E-state index in [0.717, 1.165) is 22.3 Å². The Kier molecular flexibility index (Phi) is 14.3. The topological polar surface area (TPSA) is 149 Å². The predicted molar refractivity (Wildman–Crippen MR) is 199 cm³/mol. The van der Waals surface area contributed by atoms with Crippen LogP contribution >= 0.6 is 0 Å². The number of hydrogen-bond acceptors (Lipinski definition) is 7. The highest BCUT2D eigenvalue weighted by molar-refractivity contribution is 5.92. The number of nitrogens with one attached hydrogen (secondary N) is 4. The van der Waals surface area contributed by atoms with Gasteiger partial charge in [0.2, 0.25) is 5.91 Å². The average Bonchev–Trinajstić information content (AvgIpc) is 3.08. The van der Waals surface area contributed by atoms with Gasteiger partial charge in [-0.3, -0.25) is 19.8 Å². The highest BCUT2D eigenvalue weighted by Crippen LogP contribution is 2.26. The van der Waals surface area contributed by atoms with Crippen molar-refractivity contribution < 1.29 is 29.0 Å². The van der Waals surface area contributed by atoms with Crippen molar-refractivity contribution in [1.82, 2.24) is 26.4 Å². The van der Waals surface area contributed by atoms with E-state index in [9.17, 15) is 24.3 Å². The lowest BCUT2D eigenvalue weighted by Gasteiger charge is -2.35. The highest BCUT2D eigenvalue weighted by Gasteiger charge is 2.41. The third kappa shape index (κ3) is 12.2. The van der Waals surface area contributed by atoms with Crippen LogP contribution in [0.2, 0.25) is 0 Å². The molecule has 0 aliphatic rings. The molecule has 3 aromatic carbocycles. The molecule has 3 aromatic rings. The fourth-order valence-corrected chi connectivity index (χ4v) is 5.76. The maximum Gasteiger partial charge on any atom is 0.407 e. The Hall–Kier alpha value is -4.74. The minimum atomic E-state index is -1.87. The zero-order valence-corrected chi connectivity index (χ0v) is 31.2. The lowest BCUT2D eigenvalue weighted by atomic mass is 9.84. The number of carbonyl (C=O) groups is 4. The molecular weight excluding hydrogens is 646 g/mol. The average molecular weight is 702 g/mol. The summed E-state index contributed by atoms with van der Waals surface area (Å²) in [4.78, 5) is 52.6. The molecule has 0 spiro atoms. The molecule has 0 aliphatic carbocycles. The van der Waals surface area contributed by atoms with Gasteiger partial charge in [-0.2, -0.15) is 0 Å². The van der Waals surface area contributed by atoms with Crippen LogP contribution in [0, 0.1) is 10.8 Å². The summed E-state index contributed by atoms with van der Waals surface area (Å²) in [5, 5.41) is 21.8. The zero-order valence-electron chi connectivity index (χ0n) is 31.2. The van der Waals surface area contributed by atoms with Crippen LogP contribution in [0.5, 0.6) is 0 Å². The molecular formula is C40H55N5O6. The van der Waals surface area contributed by atoms with Gasteiger partial charge in [-0.1, -0.05) is 126 Å². The van der Waals surface area contributed by atoms with Crippen LogP contribution in [-0.2, 0) is 32.1 Å². The van der Waals surface area contributed by atoms with Crippen molar-refractivity contribution in [2.24, 2.45) is 10.8 Å². The minimum Gasteiger partial charge on any atom is -0.453 e. The number of amides is 4. The first kappa shape index (κ1) is 40.7. The number of aliphatic hydroxyl groups is 1. The molecule has 0 aromatic heterocycles. The van der Waals surface area contributed by atoms with Crippen LogP contribution in [0.25, 0.3) is 11.1 Å². The number of benzene rings is 3. The molecule has 4 amide bonds. The smallest absolute Gasteiger partial charge is 0.407 e. The van der Waals surface area contributed by atoms with Gasteiger partial charge in [0.25, 0.3) is 11.8 Å². The van der Waals surface area contributed by atoms with Crippen LogP contribution in [0.4, 0.5) is 4.79 Å². The zero-order chi connectivity index (χ0) is 37.8. The molecule has 0 saturated heterocycles. The van der Waals surface area contributed by atoms with Crippen molar-refractivity contribution in [1.29, 1.82) is 0 Å². The molecule has 3 atom stereocenters. The largest absolute Gasteiger partial charge is 0.453 e. The van der Waals surface area contributed by atoms with E-state index in [0.29, 0.717) is 13.0 Å². The van der Waals surface area contributed by atoms with Crippen molar-refractivity contribution in [3.05, 3.63) is 96.1 Å². The van der Waals surface area contributed by atoms with Gasteiger partial charge in [-0.25, -0.2) is 9.80 Å². The standard InChI is InChI=1S/C40H55N5O6/c1-38(2,3)32(34(46)41-7)42-36(48)40(50,26-28-16-11-9-12-17-28)24-15-25-45(44-35(47)33(39(4,5)6)43-37(49)51-8)27-29-20-22-31(23-21-29)30-18-13-10-14-19-30/h9-14,16-23,32-33,50H,15,24-27H2,1-8H3,(H,41,46)(H,42,48)(H,43,49)(H,44,47)/t32-,33-,40-/m1/s1. The fourth-order valence-electron chi connectivity index (χ4n) is 5.76. The molecule has 276 valence electrons. The van der Waals surface area contributed by atoms with Crippen LogP contribution in [0.1, 0.15) is 65.5 Å². The van der Waals surface area contributed by atoms with Gasteiger partial charge in [-0.15, -0.1) is 0 Å². The summed E-state index contributed by atoms with van der Waals surface area (Å²) in [5.41, 5.74) is 3.64. The molecule has 0 bridgehead atoms. The molecule has 0 saturated carbocycles. The number of ether oxygens (including phenoxy) is 1. The van der Waals surface area contributed by atoms with E-state index in [1.165, 1.54) is 14.2 Å². The summed E-state index contributed by atoms with van der Waals surface area (Å²) in [7, 11) is 2.75. The van der Waals surface area contributed by atoms with Gasteiger partial charge in [-0.05, 0) is 45.9 Å². The number of nitrogens with zero attached hydrogens (tertiary/aromatic N) is 1. The number of alkyl carbamates (subject to hydrolysis) is 1. The van der Waals surface area contributed by atoms with Crippen molar-refractivity contribution in [2.45, 2.75) is 85.0 Å². The van der Waals surface area contributed by atoms with E-state index in [4.69, 9.17) is 4.74 Å². The van der Waals surface area contributed by atoms with Crippen LogP contribution in [0.15, 0.2) is 84.9 Å². The first-order valence-electron chi connectivity index (χ1n) is 17.3. The van der Waals surface area contributed by atoms with Crippen molar-refractivity contribution in [3.63, 3.8) is 0 Å². The Morgan fingerprint density at radius 1 is 0.725 bits per heavy atom. The summed E-state index contributed by atoms with van der Waals surface area (Å²) in [5.74, 6) is -1.46. The maximum absolute atomic E-state index is 13.9. The van der Waals surface area contributed by atoms with Gasteiger partial charge in [0.1, 0.15) is 17.7 Å². The highest BCUT2D eigenvalue weighted by atomic mass is 16.5. The Morgan fingerprint density at radius 3 is 1.78 bits per heavy atom. The second-order valence-electron chi connectivity index (χ2n) is 15.1. The molecule has 51 heavy (non-hydrogen) atoms. The number of carbonyl (C=O) groups excluding carboxylic acids is 4. The molecule has 3 rings (SSSR count). The SMILES string of the molecule is CNC(=O)[C@@H](NC(=O)[C@@](O)(CCCN(Cc1ccc(-c2ccccc2)cc1)NC(=O)[C@@H](NC(=O)OC)C(C)(C)C)Cc1ccccc1)C(C)(C)C. The normalized spacial score (nSPS) is 14.1. The lowest BCUT2D eigenvalue weighted by Crippen LogP contribution is -2.59. The van der Waals surface area contributed by atoms with Gasteiger partial charge >= 0.3 is 6.09 Å². The van der Waals surface area contributed by atoms with E-state index in [-0.39, 0.29) is 25.3 Å². The minimum absolute atomic E-state index is 0.0206. The fraction of sp³-hybridized carbons (Fsp3) is 0.450. The van der Waals surface area contributed by atoms with E-state index >= 15 is 0 Å². The summed E-state index contributed by atoms with van der Waals surface area (Å²) >= 11 is 0. The molecule has 0 heterocycles. The summed E-state index contributed by atoms with van der Waals surface area (Å²) < 4.78 is 4.78.